The third-order valence-electron chi connectivity index (χ3n) is 11.1. The second kappa shape index (κ2) is 12.3. The van der Waals surface area contributed by atoms with Gasteiger partial charge in [-0.05, 0) is 89.6 Å². The molecule has 0 aromatic heterocycles. The fourth-order valence-corrected chi connectivity index (χ4v) is 9.00. The molecule has 2 aliphatic heterocycles. The van der Waals surface area contributed by atoms with Crippen LogP contribution in [-0.4, -0.2) is 23.9 Å². The third-order valence-corrected chi connectivity index (χ3v) is 11.1. The first-order valence-electron chi connectivity index (χ1n) is 17.8. The molecular weight excluding hydrogens is 593 g/mol. The minimum Gasteiger partial charge on any atom is -0.344 e. The van der Waals surface area contributed by atoms with Gasteiger partial charge in [0.1, 0.15) is 7.05 Å². The molecule has 2 atom stereocenters. The van der Waals surface area contributed by atoms with Crippen molar-refractivity contribution >= 4 is 38.6 Å². The van der Waals surface area contributed by atoms with Crippen LogP contribution in [0.3, 0.4) is 0 Å². The zero-order valence-electron chi connectivity index (χ0n) is 29.2. The summed E-state index contributed by atoms with van der Waals surface area (Å²) in [5, 5.41) is 5.30. The molecule has 0 aliphatic carbocycles. The molecule has 0 radical (unpaired) electrons. The minimum atomic E-state index is -0.202. The van der Waals surface area contributed by atoms with Crippen molar-refractivity contribution in [3.63, 3.8) is 0 Å². The van der Waals surface area contributed by atoms with Crippen molar-refractivity contribution in [1.29, 1.82) is 0 Å². The quantitative estimate of drug-likeness (QED) is 0.151. The van der Waals surface area contributed by atoms with Gasteiger partial charge in [-0.2, -0.15) is 4.58 Å². The van der Waals surface area contributed by atoms with Gasteiger partial charge < -0.3 is 4.90 Å². The Morgan fingerprint density at radius 2 is 1.16 bits per heavy atom. The molecule has 0 saturated heterocycles. The number of anilines is 1. The van der Waals surface area contributed by atoms with E-state index in [4.69, 9.17) is 0 Å². The number of fused-ring (bicyclic) bond motifs is 6. The molecule has 6 aromatic rings. The van der Waals surface area contributed by atoms with E-state index in [-0.39, 0.29) is 10.8 Å². The third kappa shape index (κ3) is 5.13. The molecule has 242 valence electrons. The summed E-state index contributed by atoms with van der Waals surface area (Å²) in [5.41, 5.74) is 10.5. The zero-order valence-corrected chi connectivity index (χ0v) is 29.2. The highest BCUT2D eigenvalue weighted by Crippen LogP contribution is 2.53. The SMILES string of the molecule is CCCN1C(=CC=CC2=[N+](C)c3ccc4ccccc4c3C2(C)Cc2ccccc2)C(C)(Cc2ccccc2)c2c1ccc1ccccc21. The molecule has 6 aromatic carbocycles. The fourth-order valence-electron chi connectivity index (χ4n) is 9.00. The van der Waals surface area contributed by atoms with Crippen LogP contribution in [0, 0.1) is 0 Å². The summed E-state index contributed by atoms with van der Waals surface area (Å²) in [7, 11) is 2.25. The van der Waals surface area contributed by atoms with Gasteiger partial charge >= 0.3 is 0 Å². The summed E-state index contributed by atoms with van der Waals surface area (Å²) >= 11 is 0. The molecule has 2 nitrogen and oxygen atoms in total. The highest BCUT2D eigenvalue weighted by atomic mass is 15.2. The first kappa shape index (κ1) is 31.1. The highest BCUT2D eigenvalue weighted by Gasteiger charge is 2.48. The number of hydrogen-bond donors (Lipinski definition) is 0. The maximum atomic E-state index is 2.60. The van der Waals surface area contributed by atoms with E-state index in [9.17, 15) is 0 Å². The monoisotopic (exact) mass is 637 g/mol. The van der Waals surface area contributed by atoms with E-state index in [1.807, 2.05) is 0 Å². The Morgan fingerprint density at radius 1 is 0.612 bits per heavy atom. The summed E-state index contributed by atoms with van der Waals surface area (Å²) in [6.07, 6.45) is 10.1. The molecule has 0 bridgehead atoms. The van der Waals surface area contributed by atoms with Gasteiger partial charge in [-0.1, -0.05) is 128 Å². The molecule has 2 heterocycles. The molecule has 0 saturated carbocycles. The van der Waals surface area contributed by atoms with Gasteiger partial charge in [0.25, 0.3) is 0 Å². The highest BCUT2D eigenvalue weighted by molar-refractivity contribution is 6.08. The van der Waals surface area contributed by atoms with Crippen LogP contribution in [0.15, 0.2) is 157 Å². The number of rotatable bonds is 8. The van der Waals surface area contributed by atoms with Crippen molar-refractivity contribution in [2.75, 3.05) is 18.5 Å². The molecular formula is C47H45N2+. The van der Waals surface area contributed by atoms with E-state index in [2.05, 4.69) is 189 Å². The van der Waals surface area contributed by atoms with Crippen molar-refractivity contribution in [1.82, 2.24) is 0 Å². The Labute approximate surface area is 291 Å². The first-order chi connectivity index (χ1) is 23.9. The molecule has 8 rings (SSSR count). The van der Waals surface area contributed by atoms with E-state index in [1.54, 1.807) is 0 Å². The van der Waals surface area contributed by atoms with Gasteiger partial charge in [0.05, 0.1) is 5.41 Å². The second-order valence-electron chi connectivity index (χ2n) is 14.4. The summed E-state index contributed by atoms with van der Waals surface area (Å²) < 4.78 is 2.43. The van der Waals surface area contributed by atoms with Crippen molar-refractivity contribution in [3.05, 3.63) is 180 Å². The van der Waals surface area contributed by atoms with Crippen molar-refractivity contribution in [2.24, 2.45) is 0 Å². The predicted molar refractivity (Wildman–Crippen MR) is 209 cm³/mol. The standard InChI is InChI=1S/C47H45N2/c1-5-31-49-41-30-28-37-22-13-15-24-39(37)45(41)47(3,33-35-19-10-7-11-20-35)43(49)26-16-25-42-46(2,32-34-17-8-6-9-18-34)44-38-23-14-12-21-36(38)27-29-40(44)48(42)4/h6-30H,5,31-33H2,1-4H3/q+1. The van der Waals surface area contributed by atoms with Crippen LogP contribution < -0.4 is 4.90 Å². The summed E-state index contributed by atoms with van der Waals surface area (Å²) in [6, 6.07) is 49.1. The van der Waals surface area contributed by atoms with Gasteiger partial charge in [-0.3, -0.25) is 0 Å². The average Bonchev–Trinajstić information content (AvgIpc) is 3.49. The van der Waals surface area contributed by atoms with E-state index in [0.29, 0.717) is 0 Å². The van der Waals surface area contributed by atoms with Crippen LogP contribution in [0.5, 0.6) is 0 Å². The lowest BCUT2D eigenvalue weighted by atomic mass is 9.73. The Kier molecular flexibility index (Phi) is 7.83. The van der Waals surface area contributed by atoms with Gasteiger partial charge in [0.2, 0.25) is 5.69 Å². The molecule has 49 heavy (non-hydrogen) atoms. The van der Waals surface area contributed by atoms with Gasteiger partial charge in [-0.15, -0.1) is 0 Å². The second-order valence-corrected chi connectivity index (χ2v) is 14.4. The number of nitrogens with zero attached hydrogens (tertiary/aromatic N) is 2. The lowest BCUT2D eigenvalue weighted by Crippen LogP contribution is -2.33. The van der Waals surface area contributed by atoms with E-state index < -0.39 is 0 Å². The lowest BCUT2D eigenvalue weighted by Gasteiger charge is -2.31. The lowest BCUT2D eigenvalue weighted by molar-refractivity contribution is -0.401. The Balaban J connectivity index is 1.29. The maximum Gasteiger partial charge on any atom is 0.210 e. The first-order valence-corrected chi connectivity index (χ1v) is 17.8. The average molecular weight is 638 g/mol. The van der Waals surface area contributed by atoms with Crippen LogP contribution in [0.25, 0.3) is 21.5 Å². The molecule has 0 fully saturated rings. The summed E-state index contributed by atoms with van der Waals surface area (Å²) in [5.74, 6) is 0. The van der Waals surface area contributed by atoms with E-state index in [0.717, 1.165) is 25.8 Å². The number of allylic oxidation sites excluding steroid dienone is 4. The van der Waals surface area contributed by atoms with Crippen LogP contribution in [0.2, 0.25) is 0 Å². The maximum absolute atomic E-state index is 2.60. The molecule has 0 amide bonds. The molecule has 2 unspecified atom stereocenters. The predicted octanol–water partition coefficient (Wildman–Crippen LogP) is 11.1. The van der Waals surface area contributed by atoms with Gasteiger partial charge in [0.15, 0.2) is 5.71 Å². The van der Waals surface area contributed by atoms with Crippen LogP contribution in [-0.2, 0) is 23.7 Å². The Hall–Kier alpha value is -5.21. The molecule has 0 spiro atoms. The van der Waals surface area contributed by atoms with Crippen LogP contribution in [0.4, 0.5) is 11.4 Å². The van der Waals surface area contributed by atoms with Crippen LogP contribution in [0.1, 0.15) is 49.4 Å². The summed E-state index contributed by atoms with van der Waals surface area (Å²) in [6.45, 7) is 8.19. The topological polar surface area (TPSA) is 6.25 Å². The van der Waals surface area contributed by atoms with E-state index in [1.165, 1.54) is 66.6 Å². The van der Waals surface area contributed by atoms with Crippen molar-refractivity contribution < 1.29 is 4.58 Å². The van der Waals surface area contributed by atoms with Crippen LogP contribution >= 0.6 is 0 Å². The van der Waals surface area contributed by atoms with E-state index >= 15 is 0 Å². The smallest absolute Gasteiger partial charge is 0.210 e. The molecule has 2 heteroatoms. The van der Waals surface area contributed by atoms with Gasteiger partial charge in [-0.25, -0.2) is 0 Å². The Bertz CT molecular complexity index is 2280. The van der Waals surface area contributed by atoms with Crippen molar-refractivity contribution in [2.45, 2.75) is 50.9 Å². The largest absolute Gasteiger partial charge is 0.344 e. The number of benzene rings is 6. The van der Waals surface area contributed by atoms with Crippen molar-refractivity contribution in [3.8, 4) is 0 Å². The normalized spacial score (nSPS) is 21.0. The summed E-state index contributed by atoms with van der Waals surface area (Å²) in [4.78, 5) is 2.60. The Morgan fingerprint density at radius 3 is 1.80 bits per heavy atom. The number of hydrogen-bond acceptors (Lipinski definition) is 1. The molecule has 0 N–H and O–H groups in total. The minimum absolute atomic E-state index is 0.199. The fraction of sp³-hybridized carbons (Fsp3) is 0.213. The molecule has 2 aliphatic rings. The zero-order chi connectivity index (χ0) is 33.6. The van der Waals surface area contributed by atoms with Gasteiger partial charge in [0, 0.05) is 41.1 Å².